The molecule has 0 unspecified atom stereocenters. The zero-order valence-electron chi connectivity index (χ0n) is 10.1. The van der Waals surface area contributed by atoms with Crippen LogP contribution in [0, 0.1) is 5.82 Å². The predicted octanol–water partition coefficient (Wildman–Crippen LogP) is 5.17. The summed E-state index contributed by atoms with van der Waals surface area (Å²) in [4.78, 5) is 7.39. The van der Waals surface area contributed by atoms with Crippen LogP contribution in [-0.4, -0.2) is 9.97 Å². The van der Waals surface area contributed by atoms with Crippen molar-refractivity contribution in [1.29, 1.82) is 0 Å². The summed E-state index contributed by atoms with van der Waals surface area (Å²) in [6.45, 7) is 0. The van der Waals surface area contributed by atoms with Gasteiger partial charge in [-0.15, -0.1) is 11.3 Å². The minimum atomic E-state index is -4.45. The van der Waals surface area contributed by atoms with E-state index in [9.17, 15) is 17.6 Å². The van der Waals surface area contributed by atoms with Crippen LogP contribution < -0.4 is 0 Å². The Hall–Kier alpha value is -1.73. The van der Waals surface area contributed by atoms with E-state index in [1.165, 1.54) is 24.3 Å². The van der Waals surface area contributed by atoms with Crippen molar-refractivity contribution in [3.05, 3.63) is 46.2 Å². The molecule has 8 heteroatoms. The van der Waals surface area contributed by atoms with Crippen LogP contribution in [0.1, 0.15) is 4.88 Å². The van der Waals surface area contributed by atoms with Crippen molar-refractivity contribution in [2.75, 3.05) is 0 Å². The fourth-order valence-electron chi connectivity index (χ4n) is 1.75. The third-order valence-corrected chi connectivity index (χ3v) is 4.09. The number of aromatic nitrogens is 2. The number of nitrogens with zero attached hydrogens (tertiary/aromatic N) is 2. The summed E-state index contributed by atoms with van der Waals surface area (Å²) in [5.74, 6) is -0.274. The van der Waals surface area contributed by atoms with Crippen molar-refractivity contribution in [2.24, 2.45) is 0 Å². The van der Waals surface area contributed by atoms with E-state index in [0.717, 1.165) is 6.07 Å². The topological polar surface area (TPSA) is 25.8 Å². The van der Waals surface area contributed by atoms with E-state index in [2.05, 4.69) is 9.97 Å². The van der Waals surface area contributed by atoms with Crippen LogP contribution >= 0.6 is 22.9 Å². The molecular formula is C13H5ClF4N2S. The van der Waals surface area contributed by atoms with E-state index in [-0.39, 0.29) is 21.2 Å². The summed E-state index contributed by atoms with van der Waals surface area (Å²) in [5, 5.41) is 0.0888. The molecule has 0 spiro atoms. The summed E-state index contributed by atoms with van der Waals surface area (Å²) >= 11 is 6.42. The van der Waals surface area contributed by atoms with E-state index in [1.54, 1.807) is 0 Å². The lowest BCUT2D eigenvalue weighted by atomic mass is 10.2. The molecule has 0 amide bonds. The van der Waals surface area contributed by atoms with Crippen molar-refractivity contribution < 1.29 is 17.6 Å². The highest BCUT2D eigenvalue weighted by Gasteiger charge is 2.33. The highest BCUT2D eigenvalue weighted by atomic mass is 35.5. The van der Waals surface area contributed by atoms with Crippen molar-refractivity contribution >= 4 is 33.2 Å². The second-order valence-corrected chi connectivity index (χ2v) is 5.56. The van der Waals surface area contributed by atoms with Crippen LogP contribution in [0.3, 0.4) is 0 Å². The third-order valence-electron chi connectivity index (χ3n) is 2.73. The summed E-state index contributed by atoms with van der Waals surface area (Å²) in [7, 11) is 0. The second-order valence-electron chi connectivity index (χ2n) is 4.17. The molecular weight excluding hydrogens is 328 g/mol. The molecule has 0 saturated heterocycles. The molecule has 0 fully saturated rings. The Labute approximate surface area is 125 Å². The van der Waals surface area contributed by atoms with Crippen LogP contribution in [0.2, 0.25) is 5.15 Å². The van der Waals surface area contributed by atoms with Crippen molar-refractivity contribution in [3.63, 3.8) is 0 Å². The Morgan fingerprint density at radius 1 is 1.05 bits per heavy atom. The summed E-state index contributed by atoms with van der Waals surface area (Å²) in [5.41, 5.74) is 0.474. The fraction of sp³-hybridized carbons (Fsp3) is 0.0769. The number of rotatable bonds is 1. The average molecular weight is 333 g/mol. The molecule has 3 aromatic rings. The Morgan fingerprint density at radius 2 is 1.71 bits per heavy atom. The maximum atomic E-state index is 12.9. The quantitative estimate of drug-likeness (QED) is 0.454. The Balaban J connectivity index is 2.16. The van der Waals surface area contributed by atoms with Gasteiger partial charge in [0.05, 0.1) is 0 Å². The monoisotopic (exact) mass is 332 g/mol. The molecule has 0 aliphatic carbocycles. The van der Waals surface area contributed by atoms with E-state index >= 15 is 0 Å². The molecule has 1 aromatic carbocycles. The van der Waals surface area contributed by atoms with Gasteiger partial charge in [0.2, 0.25) is 0 Å². The lowest BCUT2D eigenvalue weighted by Crippen LogP contribution is -2.00. The lowest BCUT2D eigenvalue weighted by molar-refractivity contribution is -0.134. The molecule has 0 atom stereocenters. The molecule has 0 saturated carbocycles. The number of halogens is 5. The molecule has 0 bridgehead atoms. The van der Waals surface area contributed by atoms with Gasteiger partial charge < -0.3 is 0 Å². The number of thiophene rings is 1. The van der Waals surface area contributed by atoms with Crippen molar-refractivity contribution in [3.8, 4) is 11.4 Å². The highest BCUT2D eigenvalue weighted by molar-refractivity contribution is 7.18. The van der Waals surface area contributed by atoms with Gasteiger partial charge in [-0.2, -0.15) is 13.2 Å². The number of hydrogen-bond acceptors (Lipinski definition) is 3. The summed E-state index contributed by atoms with van der Waals surface area (Å²) in [6.07, 6.45) is -4.45. The van der Waals surface area contributed by atoms with Gasteiger partial charge in [0.15, 0.2) is 5.82 Å². The zero-order chi connectivity index (χ0) is 15.2. The highest BCUT2D eigenvalue weighted by Crippen LogP contribution is 2.39. The van der Waals surface area contributed by atoms with Gasteiger partial charge >= 0.3 is 6.18 Å². The molecule has 0 radical (unpaired) electrons. The van der Waals surface area contributed by atoms with Crippen LogP contribution in [0.4, 0.5) is 17.6 Å². The zero-order valence-corrected chi connectivity index (χ0v) is 11.7. The smallest absolute Gasteiger partial charge is 0.217 e. The van der Waals surface area contributed by atoms with Crippen LogP contribution in [0.5, 0.6) is 0 Å². The summed E-state index contributed by atoms with van der Waals surface area (Å²) in [6, 6.07) is 6.23. The number of fused-ring (bicyclic) bond motifs is 1. The number of alkyl halides is 3. The first-order valence-corrected chi connectivity index (χ1v) is 6.84. The van der Waals surface area contributed by atoms with Gasteiger partial charge in [-0.3, -0.25) is 0 Å². The Bertz CT molecular complexity index is 811. The molecule has 21 heavy (non-hydrogen) atoms. The first-order valence-electron chi connectivity index (χ1n) is 5.65. The van der Waals surface area contributed by atoms with Gasteiger partial charge in [-0.1, -0.05) is 11.6 Å². The third kappa shape index (κ3) is 2.71. The maximum Gasteiger partial charge on any atom is 0.425 e. The van der Waals surface area contributed by atoms with Gasteiger partial charge in [0.25, 0.3) is 0 Å². The average Bonchev–Trinajstić information content (AvgIpc) is 2.84. The molecule has 0 aliphatic heterocycles. The number of hydrogen-bond donors (Lipinski definition) is 0. The molecule has 2 heterocycles. The van der Waals surface area contributed by atoms with E-state index in [4.69, 9.17) is 11.6 Å². The molecule has 3 rings (SSSR count). The Morgan fingerprint density at radius 3 is 2.33 bits per heavy atom. The van der Waals surface area contributed by atoms with E-state index in [0.29, 0.717) is 16.9 Å². The first kappa shape index (κ1) is 14.2. The maximum absolute atomic E-state index is 12.9. The van der Waals surface area contributed by atoms with E-state index < -0.39 is 16.9 Å². The molecule has 2 aromatic heterocycles. The minimum absolute atomic E-state index is 0.0638. The van der Waals surface area contributed by atoms with Gasteiger partial charge in [-0.25, -0.2) is 14.4 Å². The predicted molar refractivity (Wildman–Crippen MR) is 72.8 cm³/mol. The summed E-state index contributed by atoms with van der Waals surface area (Å²) < 4.78 is 51.0. The first-order chi connectivity index (χ1) is 9.84. The molecule has 0 N–H and O–H groups in total. The van der Waals surface area contributed by atoms with Gasteiger partial charge in [0.1, 0.15) is 20.7 Å². The van der Waals surface area contributed by atoms with Crippen LogP contribution in [0.25, 0.3) is 21.6 Å². The van der Waals surface area contributed by atoms with Gasteiger partial charge in [-0.05, 0) is 30.3 Å². The van der Waals surface area contributed by atoms with E-state index in [1.807, 2.05) is 0 Å². The van der Waals surface area contributed by atoms with Crippen molar-refractivity contribution in [1.82, 2.24) is 9.97 Å². The molecule has 0 aliphatic rings. The second kappa shape index (κ2) is 4.92. The minimum Gasteiger partial charge on any atom is -0.217 e. The van der Waals surface area contributed by atoms with Gasteiger partial charge in [0, 0.05) is 10.9 Å². The van der Waals surface area contributed by atoms with Crippen LogP contribution in [0.15, 0.2) is 30.3 Å². The Kier molecular flexibility index (Phi) is 3.33. The standard InChI is InChI=1S/C13H5ClF4N2S/c14-10-8-5-9(13(16,17)18)21-12(8)20-11(19-10)6-1-3-7(15)4-2-6/h1-5H. The van der Waals surface area contributed by atoms with Crippen molar-refractivity contribution in [2.45, 2.75) is 6.18 Å². The number of benzene rings is 1. The largest absolute Gasteiger partial charge is 0.425 e. The van der Waals surface area contributed by atoms with Crippen LogP contribution in [-0.2, 0) is 6.18 Å². The fourth-order valence-corrected chi connectivity index (χ4v) is 2.93. The molecule has 2 nitrogen and oxygen atoms in total. The lowest BCUT2D eigenvalue weighted by Gasteiger charge is -2.01. The SMILES string of the molecule is Fc1ccc(-c2nc(Cl)c3cc(C(F)(F)F)sc3n2)cc1. The molecule has 108 valence electrons. The normalized spacial score (nSPS) is 12.0.